The molecule has 0 N–H and O–H groups in total. The molecule has 0 heterocycles. The van der Waals surface area contributed by atoms with Gasteiger partial charge in [-0.3, -0.25) is 4.79 Å². The van der Waals surface area contributed by atoms with E-state index in [-0.39, 0.29) is 0 Å². The van der Waals surface area contributed by atoms with Gasteiger partial charge in [0.25, 0.3) is 6.29 Å². The Bertz CT molecular complexity index is 307. The third kappa shape index (κ3) is 0.854. The molecule has 0 saturated heterocycles. The van der Waals surface area contributed by atoms with Gasteiger partial charge in [-0.2, -0.15) is 35.1 Å². The number of alkyl halides is 9. The summed E-state index contributed by atoms with van der Waals surface area (Å²) >= 11 is 0. The van der Waals surface area contributed by atoms with E-state index < -0.39 is 35.6 Å². The molecule has 0 atom stereocenters. The topological polar surface area (TPSA) is 17.1 Å². The molecule has 1 fully saturated rings. The number of halogens is 9. The van der Waals surface area contributed by atoms with Crippen LogP contribution in [0.15, 0.2) is 0 Å². The average molecular weight is 259 g/mol. The molecule has 0 unspecified atom stereocenters. The van der Waals surface area contributed by atoms with Gasteiger partial charge in [-0.1, -0.05) is 0 Å². The van der Waals surface area contributed by atoms with Crippen molar-refractivity contribution in [2.24, 2.45) is 0 Å². The molecule has 1 nitrogen and oxygen atoms in total. The Labute approximate surface area is 81.2 Å². The van der Waals surface area contributed by atoms with E-state index in [4.69, 9.17) is 0 Å². The van der Waals surface area contributed by atoms with Crippen molar-refractivity contribution >= 4 is 6.29 Å². The summed E-state index contributed by atoms with van der Waals surface area (Å²) in [6.45, 7) is 0. The van der Waals surface area contributed by atoms with Gasteiger partial charge in [-0.05, 0) is 0 Å². The van der Waals surface area contributed by atoms with Gasteiger partial charge in [0.15, 0.2) is 0 Å². The van der Waals surface area contributed by atoms with Gasteiger partial charge in [0.1, 0.15) is 0 Å². The van der Waals surface area contributed by atoms with Crippen LogP contribution in [0.5, 0.6) is 0 Å². The van der Waals surface area contributed by atoms with Crippen LogP contribution in [-0.2, 0) is 4.79 Å². The van der Waals surface area contributed by atoms with E-state index in [0.29, 0.717) is 0 Å². The Hall–Kier alpha value is -0.960. The van der Waals surface area contributed by atoms with Crippen LogP contribution >= 0.6 is 0 Å². The van der Waals surface area contributed by atoms with E-state index in [1.54, 1.807) is 0 Å². The molecule has 0 aliphatic heterocycles. The van der Waals surface area contributed by atoms with E-state index in [1.165, 1.54) is 0 Å². The Morgan fingerprint density at radius 3 is 0.938 bits per heavy atom. The molecule has 0 aromatic heterocycles. The van der Waals surface area contributed by atoms with Crippen LogP contribution in [0.2, 0.25) is 0 Å². The summed E-state index contributed by atoms with van der Waals surface area (Å²) in [6, 6.07) is 0. The Kier molecular flexibility index (Phi) is 2.17. The highest BCUT2D eigenvalue weighted by Gasteiger charge is 3.01. The van der Waals surface area contributed by atoms with Crippen LogP contribution in [0.4, 0.5) is 39.5 Å². The highest BCUT2D eigenvalue weighted by molar-refractivity contribution is 5.70. The maximum absolute atomic E-state index is 12.7. The predicted octanol–water partition coefficient (Wildman–Crippen LogP) is 2.36. The standard InChI is InChI=1S/C6F9O/c7-2(1-16)3(8,9)5(12,13)6(14,15)4(2,10)11. The lowest BCUT2D eigenvalue weighted by Crippen LogP contribution is -2.55. The summed E-state index contributed by atoms with van der Waals surface area (Å²) in [6.07, 6.45) is -0.745. The van der Waals surface area contributed by atoms with Gasteiger partial charge in [-0.25, -0.2) is 4.39 Å². The first-order valence-electron chi connectivity index (χ1n) is 3.40. The van der Waals surface area contributed by atoms with Crippen LogP contribution in [0.1, 0.15) is 0 Å². The van der Waals surface area contributed by atoms with Crippen molar-refractivity contribution in [2.45, 2.75) is 29.4 Å². The molecule has 0 aromatic carbocycles. The molecule has 0 amide bonds. The van der Waals surface area contributed by atoms with Crippen molar-refractivity contribution in [2.75, 3.05) is 0 Å². The zero-order chi connectivity index (χ0) is 13.2. The van der Waals surface area contributed by atoms with Gasteiger partial charge in [-0.15, -0.1) is 0 Å². The fraction of sp³-hybridized carbons (Fsp3) is 0.833. The van der Waals surface area contributed by atoms with Crippen LogP contribution in [-0.4, -0.2) is 35.6 Å². The molecule has 0 bridgehead atoms. The Morgan fingerprint density at radius 1 is 0.562 bits per heavy atom. The second-order valence-corrected chi connectivity index (χ2v) is 3.06. The molecule has 1 radical (unpaired) electrons. The lowest BCUT2D eigenvalue weighted by atomic mass is 9.99. The highest BCUT2D eigenvalue weighted by Crippen LogP contribution is 2.68. The third-order valence-corrected chi connectivity index (χ3v) is 2.19. The Morgan fingerprint density at radius 2 is 0.812 bits per heavy atom. The first-order valence-corrected chi connectivity index (χ1v) is 3.40. The highest BCUT2D eigenvalue weighted by atomic mass is 19.4. The second-order valence-electron chi connectivity index (χ2n) is 3.06. The number of carbonyl (C=O) groups excluding carboxylic acids is 1. The van der Waals surface area contributed by atoms with Crippen molar-refractivity contribution in [1.29, 1.82) is 0 Å². The molecule has 0 spiro atoms. The maximum atomic E-state index is 12.7. The smallest absolute Gasteiger partial charge is 0.287 e. The van der Waals surface area contributed by atoms with E-state index in [1.807, 2.05) is 0 Å². The summed E-state index contributed by atoms with van der Waals surface area (Å²) in [5.41, 5.74) is -6.08. The molecular formula is C6F9O. The van der Waals surface area contributed by atoms with Gasteiger partial charge in [0.2, 0.25) is 0 Å². The van der Waals surface area contributed by atoms with Crippen molar-refractivity contribution in [3.63, 3.8) is 0 Å². The van der Waals surface area contributed by atoms with E-state index in [9.17, 15) is 44.3 Å². The molecule has 1 rings (SSSR count). The van der Waals surface area contributed by atoms with Crippen molar-refractivity contribution in [3.8, 4) is 0 Å². The van der Waals surface area contributed by atoms with Crippen molar-refractivity contribution < 1.29 is 44.3 Å². The average Bonchev–Trinajstić information content (AvgIpc) is 2.18. The molecule has 93 valence electrons. The molecule has 1 saturated carbocycles. The summed E-state index contributed by atoms with van der Waals surface area (Å²) in [5, 5.41) is 0. The monoisotopic (exact) mass is 259 g/mol. The summed E-state index contributed by atoms with van der Waals surface area (Å²) in [7, 11) is 0. The number of rotatable bonds is 1. The number of hydrogen-bond acceptors (Lipinski definition) is 1. The fourth-order valence-corrected chi connectivity index (χ4v) is 1.15. The molecule has 1 aliphatic rings. The normalized spacial score (nSPS) is 32.3. The summed E-state index contributed by atoms with van der Waals surface area (Å²) in [4.78, 5) is 9.61. The van der Waals surface area contributed by atoms with Gasteiger partial charge >= 0.3 is 29.4 Å². The van der Waals surface area contributed by atoms with E-state index >= 15 is 0 Å². The van der Waals surface area contributed by atoms with E-state index in [0.717, 1.165) is 0 Å². The van der Waals surface area contributed by atoms with Gasteiger partial charge < -0.3 is 0 Å². The van der Waals surface area contributed by atoms with Crippen molar-refractivity contribution in [3.05, 3.63) is 0 Å². The largest absolute Gasteiger partial charge is 0.382 e. The van der Waals surface area contributed by atoms with E-state index in [2.05, 4.69) is 0 Å². The predicted molar refractivity (Wildman–Crippen MR) is 29.3 cm³/mol. The van der Waals surface area contributed by atoms with Crippen LogP contribution < -0.4 is 0 Å². The zero-order valence-electron chi connectivity index (χ0n) is 6.81. The summed E-state index contributed by atoms with van der Waals surface area (Å²) < 4.78 is 111. The van der Waals surface area contributed by atoms with Crippen molar-refractivity contribution in [1.82, 2.24) is 0 Å². The minimum atomic E-state index is -6.70. The Balaban J connectivity index is 3.65. The SMILES string of the molecule is O=[C]C1(F)C(F)(F)C(F)(F)C(F)(F)C1(F)F. The molecule has 0 aromatic rings. The molecular weight excluding hydrogens is 259 g/mol. The fourth-order valence-electron chi connectivity index (χ4n) is 1.15. The zero-order valence-corrected chi connectivity index (χ0v) is 6.81. The van der Waals surface area contributed by atoms with Crippen LogP contribution in [0, 0.1) is 0 Å². The summed E-state index contributed by atoms with van der Waals surface area (Å²) in [5.74, 6) is -26.5. The maximum Gasteiger partial charge on any atom is 0.382 e. The molecule has 16 heavy (non-hydrogen) atoms. The lowest BCUT2D eigenvalue weighted by molar-refractivity contribution is -0.303. The molecule has 1 aliphatic carbocycles. The lowest BCUT2D eigenvalue weighted by Gasteiger charge is -2.24. The number of hydrogen-bond donors (Lipinski definition) is 0. The van der Waals surface area contributed by atoms with Crippen LogP contribution in [0.25, 0.3) is 0 Å². The minimum Gasteiger partial charge on any atom is -0.287 e. The first-order chi connectivity index (χ1) is 6.81. The first kappa shape index (κ1) is 13.1. The second kappa shape index (κ2) is 2.65. The van der Waals surface area contributed by atoms with Crippen LogP contribution in [0.3, 0.4) is 0 Å². The molecule has 10 heteroatoms. The van der Waals surface area contributed by atoms with Gasteiger partial charge in [0.05, 0.1) is 0 Å². The third-order valence-electron chi connectivity index (χ3n) is 2.19. The minimum absolute atomic E-state index is 0.745. The quantitative estimate of drug-likeness (QED) is 0.660. The van der Waals surface area contributed by atoms with Gasteiger partial charge in [0, 0.05) is 0 Å².